The average molecular weight is 303 g/mol. The van der Waals surface area contributed by atoms with Gasteiger partial charge in [-0.25, -0.2) is 0 Å². The van der Waals surface area contributed by atoms with E-state index in [4.69, 9.17) is 9.84 Å². The van der Waals surface area contributed by atoms with E-state index in [0.29, 0.717) is 12.5 Å². The topological polar surface area (TPSA) is 58.6 Å². The van der Waals surface area contributed by atoms with Crippen molar-refractivity contribution < 1.29 is 14.6 Å². The van der Waals surface area contributed by atoms with Gasteiger partial charge in [-0.05, 0) is 62.8 Å². The van der Waals surface area contributed by atoms with Gasteiger partial charge in [0.2, 0.25) is 5.91 Å². The number of rotatable bonds is 7. The lowest BCUT2D eigenvalue weighted by molar-refractivity contribution is -0.117. The SMILES string of the molecule is CC(CCO)NC(=O)/C=C/c1cccc(OC2CCCC2)c1. The van der Waals surface area contributed by atoms with E-state index < -0.39 is 0 Å². The maximum absolute atomic E-state index is 11.8. The zero-order valence-electron chi connectivity index (χ0n) is 13.1. The summed E-state index contributed by atoms with van der Waals surface area (Å²) in [6.45, 7) is 1.95. The van der Waals surface area contributed by atoms with E-state index in [1.165, 1.54) is 18.9 Å². The van der Waals surface area contributed by atoms with Gasteiger partial charge in [-0.15, -0.1) is 0 Å². The van der Waals surface area contributed by atoms with Gasteiger partial charge in [-0.1, -0.05) is 12.1 Å². The van der Waals surface area contributed by atoms with Gasteiger partial charge < -0.3 is 15.2 Å². The molecule has 0 heterocycles. The Bertz CT molecular complexity index is 507. The molecule has 4 heteroatoms. The van der Waals surface area contributed by atoms with Crippen molar-refractivity contribution >= 4 is 12.0 Å². The number of hydrogen-bond acceptors (Lipinski definition) is 3. The smallest absolute Gasteiger partial charge is 0.244 e. The Labute approximate surface area is 132 Å². The van der Waals surface area contributed by atoms with Gasteiger partial charge >= 0.3 is 0 Å². The molecule has 22 heavy (non-hydrogen) atoms. The lowest BCUT2D eigenvalue weighted by Gasteiger charge is -2.13. The largest absolute Gasteiger partial charge is 0.490 e. The second-order valence-electron chi connectivity index (χ2n) is 5.85. The van der Waals surface area contributed by atoms with Crippen LogP contribution in [0.3, 0.4) is 0 Å². The van der Waals surface area contributed by atoms with E-state index in [0.717, 1.165) is 24.2 Å². The Kier molecular flexibility index (Phi) is 6.46. The van der Waals surface area contributed by atoms with Crippen molar-refractivity contribution in [3.05, 3.63) is 35.9 Å². The van der Waals surface area contributed by atoms with Crippen LogP contribution in [0.15, 0.2) is 30.3 Å². The van der Waals surface area contributed by atoms with Crippen LogP contribution in [0.5, 0.6) is 5.75 Å². The lowest BCUT2D eigenvalue weighted by Crippen LogP contribution is -2.31. The highest BCUT2D eigenvalue weighted by Gasteiger charge is 2.16. The van der Waals surface area contributed by atoms with Crippen LogP contribution in [0, 0.1) is 0 Å². The molecule has 2 N–H and O–H groups in total. The highest BCUT2D eigenvalue weighted by atomic mass is 16.5. The van der Waals surface area contributed by atoms with Crippen LogP contribution in [-0.2, 0) is 4.79 Å². The zero-order valence-corrected chi connectivity index (χ0v) is 13.1. The number of nitrogens with one attached hydrogen (secondary N) is 1. The first-order valence-corrected chi connectivity index (χ1v) is 8.03. The number of ether oxygens (including phenoxy) is 1. The van der Waals surface area contributed by atoms with Crippen molar-refractivity contribution in [3.8, 4) is 5.75 Å². The quantitative estimate of drug-likeness (QED) is 0.761. The first kappa shape index (κ1) is 16.6. The van der Waals surface area contributed by atoms with Crippen LogP contribution in [0.2, 0.25) is 0 Å². The summed E-state index contributed by atoms with van der Waals surface area (Å²) in [4.78, 5) is 11.8. The van der Waals surface area contributed by atoms with Gasteiger partial charge in [0, 0.05) is 18.7 Å². The molecule has 0 aliphatic heterocycles. The van der Waals surface area contributed by atoms with Crippen LogP contribution in [0.4, 0.5) is 0 Å². The molecule has 0 spiro atoms. The molecule has 0 aromatic heterocycles. The molecule has 120 valence electrons. The third kappa shape index (κ3) is 5.53. The monoisotopic (exact) mass is 303 g/mol. The number of hydrogen-bond donors (Lipinski definition) is 2. The summed E-state index contributed by atoms with van der Waals surface area (Å²) < 4.78 is 5.96. The summed E-state index contributed by atoms with van der Waals surface area (Å²) in [6, 6.07) is 7.77. The molecule has 1 unspecified atom stereocenters. The third-order valence-corrected chi connectivity index (χ3v) is 3.84. The minimum atomic E-state index is -0.150. The molecule has 2 rings (SSSR count). The molecule has 0 bridgehead atoms. The number of aliphatic hydroxyl groups is 1. The zero-order chi connectivity index (χ0) is 15.8. The normalized spacial score (nSPS) is 16.8. The molecule has 1 aliphatic rings. The molecule has 1 atom stereocenters. The van der Waals surface area contributed by atoms with Crippen LogP contribution >= 0.6 is 0 Å². The fraction of sp³-hybridized carbons (Fsp3) is 0.500. The first-order valence-electron chi connectivity index (χ1n) is 8.03. The number of carbonyl (C=O) groups excluding carboxylic acids is 1. The Morgan fingerprint density at radius 2 is 2.23 bits per heavy atom. The number of carbonyl (C=O) groups is 1. The Morgan fingerprint density at radius 3 is 2.95 bits per heavy atom. The molecule has 1 fully saturated rings. The number of amides is 1. The molecule has 0 radical (unpaired) electrons. The Hall–Kier alpha value is -1.81. The molecule has 1 aromatic rings. The Balaban J connectivity index is 1.88. The van der Waals surface area contributed by atoms with E-state index in [-0.39, 0.29) is 18.6 Å². The number of aliphatic hydroxyl groups excluding tert-OH is 1. The standard InChI is InChI=1S/C18H25NO3/c1-14(11-12-20)19-18(21)10-9-15-5-4-8-17(13-15)22-16-6-2-3-7-16/h4-5,8-10,13-14,16,20H,2-3,6-7,11-12H2,1H3,(H,19,21)/b10-9+. The van der Waals surface area contributed by atoms with E-state index in [1.807, 2.05) is 31.2 Å². The van der Waals surface area contributed by atoms with Gasteiger partial charge in [0.15, 0.2) is 0 Å². The minimum absolute atomic E-state index is 0.0285. The summed E-state index contributed by atoms with van der Waals surface area (Å²) in [5.74, 6) is 0.714. The van der Waals surface area contributed by atoms with Gasteiger partial charge in [0.05, 0.1) is 6.10 Å². The predicted octanol–water partition coefficient (Wildman–Crippen LogP) is 2.91. The number of benzene rings is 1. The van der Waals surface area contributed by atoms with E-state index in [1.54, 1.807) is 6.08 Å². The lowest BCUT2D eigenvalue weighted by atomic mass is 10.2. The summed E-state index contributed by atoms with van der Waals surface area (Å²) in [6.07, 6.45) is 8.94. The molecule has 0 saturated heterocycles. The van der Waals surface area contributed by atoms with Crippen molar-refractivity contribution in [1.82, 2.24) is 5.32 Å². The fourth-order valence-corrected chi connectivity index (χ4v) is 2.62. The maximum Gasteiger partial charge on any atom is 0.244 e. The van der Waals surface area contributed by atoms with Gasteiger partial charge in [-0.3, -0.25) is 4.79 Å². The molecular weight excluding hydrogens is 278 g/mol. The molecule has 1 aliphatic carbocycles. The fourth-order valence-electron chi connectivity index (χ4n) is 2.62. The predicted molar refractivity (Wildman–Crippen MR) is 87.7 cm³/mol. The van der Waals surface area contributed by atoms with Gasteiger partial charge in [0.25, 0.3) is 0 Å². The van der Waals surface area contributed by atoms with E-state index in [2.05, 4.69) is 5.32 Å². The molecule has 1 amide bonds. The molecule has 1 saturated carbocycles. The highest BCUT2D eigenvalue weighted by molar-refractivity contribution is 5.91. The summed E-state index contributed by atoms with van der Waals surface area (Å²) in [7, 11) is 0. The van der Waals surface area contributed by atoms with Crippen LogP contribution in [0.1, 0.15) is 44.6 Å². The van der Waals surface area contributed by atoms with Crippen molar-refractivity contribution in [1.29, 1.82) is 0 Å². The summed E-state index contributed by atoms with van der Waals surface area (Å²) >= 11 is 0. The van der Waals surface area contributed by atoms with Crippen LogP contribution < -0.4 is 10.1 Å². The first-order chi connectivity index (χ1) is 10.7. The van der Waals surface area contributed by atoms with Crippen LogP contribution in [-0.4, -0.2) is 29.8 Å². The van der Waals surface area contributed by atoms with Gasteiger partial charge in [0.1, 0.15) is 5.75 Å². The highest BCUT2D eigenvalue weighted by Crippen LogP contribution is 2.24. The third-order valence-electron chi connectivity index (χ3n) is 3.84. The van der Waals surface area contributed by atoms with Crippen molar-refractivity contribution in [2.45, 2.75) is 51.2 Å². The van der Waals surface area contributed by atoms with Crippen LogP contribution in [0.25, 0.3) is 6.08 Å². The van der Waals surface area contributed by atoms with Gasteiger partial charge in [-0.2, -0.15) is 0 Å². The average Bonchev–Trinajstić information content (AvgIpc) is 2.99. The second kappa shape index (κ2) is 8.59. The molecular formula is C18H25NO3. The van der Waals surface area contributed by atoms with E-state index in [9.17, 15) is 4.79 Å². The summed E-state index contributed by atoms with van der Waals surface area (Å²) in [5.41, 5.74) is 0.945. The van der Waals surface area contributed by atoms with Crippen molar-refractivity contribution in [2.75, 3.05) is 6.61 Å². The van der Waals surface area contributed by atoms with Crippen molar-refractivity contribution in [2.24, 2.45) is 0 Å². The van der Waals surface area contributed by atoms with Crippen molar-refractivity contribution in [3.63, 3.8) is 0 Å². The maximum atomic E-state index is 11.8. The summed E-state index contributed by atoms with van der Waals surface area (Å²) in [5, 5.41) is 11.6. The van der Waals surface area contributed by atoms with E-state index >= 15 is 0 Å². The second-order valence-corrected chi connectivity index (χ2v) is 5.85. The Morgan fingerprint density at radius 1 is 1.45 bits per heavy atom. The minimum Gasteiger partial charge on any atom is -0.490 e. The molecule has 4 nitrogen and oxygen atoms in total. The molecule has 1 aromatic carbocycles.